The van der Waals surface area contributed by atoms with Crippen molar-refractivity contribution in [3.8, 4) is 51.5 Å². The Morgan fingerprint density at radius 2 is 0.938 bits per heavy atom. The van der Waals surface area contributed by atoms with Gasteiger partial charge in [-0.2, -0.15) is 22.9 Å². The van der Waals surface area contributed by atoms with Crippen LogP contribution in [0, 0.1) is 30.2 Å². The molecular formula is C54H37N7O2Pt2. The summed E-state index contributed by atoms with van der Waals surface area (Å²) in [4.78, 5) is 23.8. The van der Waals surface area contributed by atoms with Crippen LogP contribution >= 0.6 is 0 Å². The van der Waals surface area contributed by atoms with Gasteiger partial charge in [-0.25, -0.2) is 9.97 Å². The second-order valence-corrected chi connectivity index (χ2v) is 15.6. The zero-order valence-electron chi connectivity index (χ0n) is 35.0. The molecule has 320 valence electrons. The number of ether oxygens (including phenoxy) is 2. The van der Waals surface area contributed by atoms with E-state index in [9.17, 15) is 0 Å². The third-order valence-electron chi connectivity index (χ3n) is 10.8. The molecule has 0 bridgehead atoms. The molecule has 0 fully saturated rings. The molecule has 0 radical (unpaired) electrons. The summed E-state index contributed by atoms with van der Waals surface area (Å²) in [7, 11) is 0. The number of anilines is 5. The quantitative estimate of drug-likeness (QED) is 0.125. The third kappa shape index (κ3) is 8.46. The maximum Gasteiger partial charge on any atom is 2.00 e. The Kier molecular flexibility index (Phi) is 12.4. The van der Waals surface area contributed by atoms with Gasteiger partial charge in [0.25, 0.3) is 0 Å². The van der Waals surface area contributed by atoms with Gasteiger partial charge in [0.1, 0.15) is 0 Å². The summed E-state index contributed by atoms with van der Waals surface area (Å²) in [5, 5.41) is 1.85. The number of rotatable bonds is 10. The molecular weight excluding hydrogens is 1170 g/mol. The van der Waals surface area contributed by atoms with E-state index in [1.165, 1.54) is 0 Å². The fourth-order valence-electron chi connectivity index (χ4n) is 8.15. The van der Waals surface area contributed by atoms with Crippen LogP contribution in [0.15, 0.2) is 170 Å². The predicted molar refractivity (Wildman–Crippen MR) is 248 cm³/mol. The third-order valence-corrected chi connectivity index (χ3v) is 10.8. The maximum atomic E-state index is 6.44. The average Bonchev–Trinajstić information content (AvgIpc) is 3.65. The van der Waals surface area contributed by atoms with Gasteiger partial charge in [0.2, 0.25) is 5.95 Å². The van der Waals surface area contributed by atoms with Crippen molar-refractivity contribution in [2.24, 2.45) is 5.92 Å². The SMILES string of the molecule is CC(C)CN1c2ccccc2N(c2cnc(-n3c4[c-]c(Oc5[c-]c(-c6ccccn6)ccc5)ccc4c4ccc(Oc5[c-]c(-c6ccccn6)ccc5)[c-]c43)nc2)c2ccccc21.[Pt+2].[Pt+2]. The molecule has 0 unspecified atom stereocenters. The number of hydrogen-bond acceptors (Lipinski definition) is 8. The van der Waals surface area contributed by atoms with Crippen molar-refractivity contribution in [2.45, 2.75) is 13.8 Å². The Morgan fingerprint density at radius 1 is 0.477 bits per heavy atom. The molecule has 0 N–H and O–H groups in total. The molecule has 0 saturated carbocycles. The molecule has 1 aliphatic heterocycles. The van der Waals surface area contributed by atoms with Crippen LogP contribution in [0.1, 0.15) is 13.8 Å². The van der Waals surface area contributed by atoms with Crippen LogP contribution in [0.2, 0.25) is 0 Å². The topological polar surface area (TPSA) is 81.4 Å². The van der Waals surface area contributed by atoms with Crippen LogP contribution in [-0.4, -0.2) is 31.0 Å². The molecule has 9 nitrogen and oxygen atoms in total. The number of aromatic nitrogens is 5. The fourth-order valence-corrected chi connectivity index (χ4v) is 8.15. The van der Waals surface area contributed by atoms with E-state index in [1.807, 2.05) is 114 Å². The molecule has 4 aromatic heterocycles. The van der Waals surface area contributed by atoms with Gasteiger partial charge in [-0.15, -0.1) is 71.8 Å². The van der Waals surface area contributed by atoms with Crippen LogP contribution in [0.5, 0.6) is 23.0 Å². The number of nitrogens with zero attached hydrogens (tertiary/aromatic N) is 7. The maximum absolute atomic E-state index is 6.44. The summed E-state index contributed by atoms with van der Waals surface area (Å²) < 4.78 is 14.8. The Labute approximate surface area is 405 Å². The zero-order chi connectivity index (χ0) is 42.3. The summed E-state index contributed by atoms with van der Waals surface area (Å²) in [6, 6.07) is 61.8. The van der Waals surface area contributed by atoms with Crippen molar-refractivity contribution in [2.75, 3.05) is 16.3 Å². The number of benzene rings is 6. The molecule has 6 aromatic carbocycles. The minimum atomic E-state index is 0. The van der Waals surface area contributed by atoms with Crippen LogP contribution in [0.25, 0.3) is 50.3 Å². The van der Waals surface area contributed by atoms with E-state index in [2.05, 4.69) is 106 Å². The molecule has 0 aliphatic carbocycles. The number of hydrogen-bond donors (Lipinski definition) is 0. The molecule has 0 atom stereocenters. The zero-order valence-corrected chi connectivity index (χ0v) is 39.6. The molecule has 0 spiro atoms. The Hall–Kier alpha value is -6.92. The largest absolute Gasteiger partial charge is 2.00 e. The van der Waals surface area contributed by atoms with E-state index in [4.69, 9.17) is 19.4 Å². The van der Waals surface area contributed by atoms with Crippen molar-refractivity contribution >= 4 is 50.2 Å². The first-order chi connectivity index (χ1) is 31.0. The minimum Gasteiger partial charge on any atom is -0.503 e. The van der Waals surface area contributed by atoms with Crippen molar-refractivity contribution < 1.29 is 51.6 Å². The van der Waals surface area contributed by atoms with Crippen molar-refractivity contribution in [3.05, 3.63) is 195 Å². The molecule has 1 aliphatic rings. The van der Waals surface area contributed by atoms with E-state index in [0.717, 1.165) is 68.3 Å². The van der Waals surface area contributed by atoms with Gasteiger partial charge in [-0.3, -0.25) is 0 Å². The average molecular weight is 1210 g/mol. The van der Waals surface area contributed by atoms with Crippen LogP contribution in [0.3, 0.4) is 0 Å². The predicted octanol–water partition coefficient (Wildman–Crippen LogP) is 13.1. The summed E-state index contributed by atoms with van der Waals surface area (Å²) in [6.07, 6.45) is 7.29. The van der Waals surface area contributed by atoms with Gasteiger partial charge in [-0.1, -0.05) is 85.5 Å². The smallest absolute Gasteiger partial charge is 0.503 e. The molecule has 10 aromatic rings. The van der Waals surface area contributed by atoms with Gasteiger partial charge in [0.05, 0.1) is 40.8 Å². The van der Waals surface area contributed by atoms with Gasteiger partial charge < -0.3 is 33.8 Å². The standard InChI is InChI=1S/C54H37N7O2.2Pt/c1-36(2)35-59-48-19-3-5-21-50(48)60(51-22-6-4-20-49(51)59)39-33-57-54(58-34-39)61-52-31-42(62-40-15-11-13-37(29-40)46-17-7-9-27-55-46)23-25-44(52)45-26-24-43(32-53(45)61)63-41-16-12-14-38(30-41)47-18-8-10-28-56-47;;/h3-28,33-34,36H,35H2,1-2H3;;/q-4;2*+2. The van der Waals surface area contributed by atoms with E-state index >= 15 is 0 Å². The van der Waals surface area contributed by atoms with Gasteiger partial charge >= 0.3 is 42.1 Å². The summed E-state index contributed by atoms with van der Waals surface area (Å²) >= 11 is 0. The van der Waals surface area contributed by atoms with Crippen molar-refractivity contribution in [1.82, 2.24) is 24.5 Å². The molecule has 0 amide bonds. The molecule has 11 rings (SSSR count). The van der Waals surface area contributed by atoms with E-state index < -0.39 is 0 Å². The van der Waals surface area contributed by atoms with E-state index in [1.54, 1.807) is 12.4 Å². The Bertz CT molecular complexity index is 3080. The van der Waals surface area contributed by atoms with Crippen LogP contribution in [-0.2, 0) is 42.1 Å². The van der Waals surface area contributed by atoms with Gasteiger partial charge in [0, 0.05) is 41.9 Å². The first-order valence-electron chi connectivity index (χ1n) is 20.8. The second-order valence-electron chi connectivity index (χ2n) is 15.6. The van der Waals surface area contributed by atoms with Crippen LogP contribution in [0.4, 0.5) is 28.4 Å². The second kappa shape index (κ2) is 18.7. The molecule has 0 saturated heterocycles. The van der Waals surface area contributed by atoms with Gasteiger partial charge in [-0.05, 0) is 53.7 Å². The minimum absolute atomic E-state index is 0. The Morgan fingerprint density at radius 3 is 1.40 bits per heavy atom. The normalized spacial score (nSPS) is 11.7. The van der Waals surface area contributed by atoms with E-state index in [-0.39, 0.29) is 42.1 Å². The molecule has 5 heterocycles. The van der Waals surface area contributed by atoms with Crippen molar-refractivity contribution in [3.63, 3.8) is 0 Å². The fraction of sp³-hybridized carbons (Fsp3) is 0.0741. The number of para-hydroxylation sites is 4. The summed E-state index contributed by atoms with van der Waals surface area (Å²) in [5.74, 6) is 2.98. The number of pyridine rings is 2. The Balaban J connectivity index is 0.00000266. The molecule has 11 heteroatoms. The van der Waals surface area contributed by atoms with Crippen LogP contribution < -0.4 is 19.3 Å². The van der Waals surface area contributed by atoms with E-state index in [0.29, 0.717) is 45.9 Å². The monoisotopic (exact) mass is 1210 g/mol. The first-order valence-corrected chi connectivity index (χ1v) is 20.8. The number of fused-ring (bicyclic) bond motifs is 5. The van der Waals surface area contributed by atoms with Crippen molar-refractivity contribution in [1.29, 1.82) is 0 Å². The summed E-state index contributed by atoms with van der Waals surface area (Å²) in [6.45, 7) is 5.38. The molecule has 65 heavy (non-hydrogen) atoms. The van der Waals surface area contributed by atoms with Gasteiger partial charge in [0.15, 0.2) is 0 Å². The summed E-state index contributed by atoms with van der Waals surface area (Å²) in [5.41, 5.74) is 9.91. The first kappa shape index (κ1) is 43.3.